The standard InChI is InChI=1S/C21H17F2N3O5S2/c1-13-2-11-18(12-19(13)26(28)29)33(30,31)25-16-5-3-14(4-6-16)20(27)24-15-7-9-17(10-8-15)32-21(22)23/h2-12,21,25H,1H3,(H,24,27). The third-order valence-corrected chi connectivity index (χ3v) is 6.53. The number of nitrogens with zero attached hydrogens (tertiary/aromatic N) is 1. The Morgan fingerprint density at radius 1 is 1.00 bits per heavy atom. The number of carbonyl (C=O) groups excluding carboxylic acids is 1. The van der Waals surface area contributed by atoms with Crippen molar-refractivity contribution in [1.29, 1.82) is 0 Å². The van der Waals surface area contributed by atoms with Gasteiger partial charge in [-0.2, -0.15) is 8.78 Å². The van der Waals surface area contributed by atoms with Crippen LogP contribution in [0.25, 0.3) is 0 Å². The number of hydrogen-bond donors (Lipinski definition) is 2. The lowest BCUT2D eigenvalue weighted by Gasteiger charge is -2.10. The average molecular weight is 494 g/mol. The molecular formula is C21H17F2N3O5S2. The fraction of sp³-hybridized carbons (Fsp3) is 0.0952. The fourth-order valence-corrected chi connectivity index (χ4v) is 4.36. The first kappa shape index (κ1) is 24.1. The molecule has 0 unspecified atom stereocenters. The van der Waals surface area contributed by atoms with Crippen LogP contribution in [0, 0.1) is 17.0 Å². The second-order valence-electron chi connectivity index (χ2n) is 6.75. The number of rotatable bonds is 8. The van der Waals surface area contributed by atoms with Gasteiger partial charge < -0.3 is 5.32 Å². The second-order valence-corrected chi connectivity index (χ2v) is 9.49. The minimum Gasteiger partial charge on any atom is -0.322 e. The predicted molar refractivity (Wildman–Crippen MR) is 121 cm³/mol. The predicted octanol–water partition coefficient (Wildman–Crippen LogP) is 5.27. The topological polar surface area (TPSA) is 118 Å². The molecule has 0 aromatic heterocycles. The van der Waals surface area contributed by atoms with Gasteiger partial charge >= 0.3 is 0 Å². The summed E-state index contributed by atoms with van der Waals surface area (Å²) in [6.07, 6.45) is 0. The molecule has 0 spiro atoms. The zero-order chi connectivity index (χ0) is 24.2. The SMILES string of the molecule is Cc1ccc(S(=O)(=O)Nc2ccc(C(=O)Nc3ccc(SC(F)F)cc3)cc2)cc1[N+](=O)[O-]. The maximum absolute atomic E-state index is 12.6. The number of halogens is 2. The minimum absolute atomic E-state index is 0.156. The zero-order valence-corrected chi connectivity index (χ0v) is 18.6. The first-order valence-electron chi connectivity index (χ1n) is 9.29. The van der Waals surface area contributed by atoms with Gasteiger partial charge in [0, 0.05) is 33.5 Å². The summed E-state index contributed by atoms with van der Waals surface area (Å²) in [6, 6.07) is 15.0. The summed E-state index contributed by atoms with van der Waals surface area (Å²) in [4.78, 5) is 22.9. The molecule has 3 aromatic carbocycles. The highest BCUT2D eigenvalue weighted by Gasteiger charge is 2.20. The third kappa shape index (κ3) is 6.26. The van der Waals surface area contributed by atoms with Crippen molar-refractivity contribution in [3.05, 3.63) is 88.0 Å². The first-order chi connectivity index (χ1) is 15.5. The number of nitrogens with one attached hydrogen (secondary N) is 2. The van der Waals surface area contributed by atoms with E-state index >= 15 is 0 Å². The van der Waals surface area contributed by atoms with Crippen LogP contribution in [0.15, 0.2) is 76.5 Å². The van der Waals surface area contributed by atoms with Gasteiger partial charge in [-0.25, -0.2) is 8.42 Å². The van der Waals surface area contributed by atoms with E-state index in [9.17, 15) is 32.1 Å². The molecule has 0 fully saturated rings. The van der Waals surface area contributed by atoms with Crippen LogP contribution in [0.2, 0.25) is 0 Å². The van der Waals surface area contributed by atoms with Crippen molar-refractivity contribution in [2.75, 3.05) is 10.0 Å². The maximum Gasteiger partial charge on any atom is 0.288 e. The highest BCUT2D eigenvalue weighted by molar-refractivity contribution is 7.99. The van der Waals surface area contributed by atoms with E-state index in [1.807, 2.05) is 0 Å². The number of alkyl halides is 2. The molecule has 0 bridgehead atoms. The number of anilines is 2. The molecule has 0 radical (unpaired) electrons. The normalized spacial score (nSPS) is 11.3. The maximum atomic E-state index is 12.6. The number of hydrogen-bond acceptors (Lipinski definition) is 6. The molecule has 33 heavy (non-hydrogen) atoms. The molecule has 0 saturated heterocycles. The minimum atomic E-state index is -4.09. The summed E-state index contributed by atoms with van der Waals surface area (Å²) in [5.74, 6) is -3.02. The van der Waals surface area contributed by atoms with Gasteiger partial charge in [0.1, 0.15) is 0 Å². The number of amides is 1. The molecule has 172 valence electrons. The van der Waals surface area contributed by atoms with Gasteiger partial charge in [-0.3, -0.25) is 19.6 Å². The lowest BCUT2D eigenvalue weighted by molar-refractivity contribution is -0.385. The lowest BCUT2D eigenvalue weighted by atomic mass is 10.2. The number of aryl methyl sites for hydroxylation is 1. The van der Waals surface area contributed by atoms with Crippen LogP contribution in [0.1, 0.15) is 15.9 Å². The van der Waals surface area contributed by atoms with E-state index in [2.05, 4.69) is 10.0 Å². The molecule has 0 aliphatic rings. The van der Waals surface area contributed by atoms with Gasteiger partial charge in [-0.05, 0) is 61.5 Å². The Bertz CT molecular complexity index is 1280. The quantitative estimate of drug-likeness (QED) is 0.251. The average Bonchev–Trinajstić information content (AvgIpc) is 2.75. The molecule has 0 aliphatic heterocycles. The van der Waals surface area contributed by atoms with Crippen molar-refractivity contribution < 1.29 is 26.9 Å². The Labute approximate surface area is 192 Å². The lowest BCUT2D eigenvalue weighted by Crippen LogP contribution is -2.14. The third-order valence-electron chi connectivity index (χ3n) is 4.42. The summed E-state index contributed by atoms with van der Waals surface area (Å²) in [6.45, 7) is 1.50. The van der Waals surface area contributed by atoms with E-state index < -0.39 is 26.6 Å². The van der Waals surface area contributed by atoms with Gasteiger partial charge in [0.25, 0.3) is 27.4 Å². The van der Waals surface area contributed by atoms with Crippen LogP contribution in [0.4, 0.5) is 25.8 Å². The van der Waals surface area contributed by atoms with E-state index in [0.717, 1.165) is 6.07 Å². The van der Waals surface area contributed by atoms with E-state index in [0.29, 0.717) is 27.9 Å². The van der Waals surface area contributed by atoms with Gasteiger partial charge in [-0.1, -0.05) is 17.8 Å². The molecule has 0 heterocycles. The molecule has 8 nitrogen and oxygen atoms in total. The molecule has 0 aliphatic carbocycles. The van der Waals surface area contributed by atoms with Crippen LogP contribution >= 0.6 is 11.8 Å². The summed E-state index contributed by atoms with van der Waals surface area (Å²) >= 11 is 0.394. The summed E-state index contributed by atoms with van der Waals surface area (Å²) in [5, 5.41) is 13.7. The fourth-order valence-electron chi connectivity index (χ4n) is 2.78. The molecule has 0 saturated carbocycles. The van der Waals surface area contributed by atoms with E-state index in [1.54, 1.807) is 0 Å². The zero-order valence-electron chi connectivity index (χ0n) is 17.0. The highest BCUT2D eigenvalue weighted by atomic mass is 32.2. The summed E-state index contributed by atoms with van der Waals surface area (Å²) in [5.41, 5.74) is 0.810. The Kier molecular flexibility index (Phi) is 7.29. The van der Waals surface area contributed by atoms with Crippen LogP contribution in [0.5, 0.6) is 0 Å². The van der Waals surface area contributed by atoms with Crippen molar-refractivity contribution in [3.63, 3.8) is 0 Å². The van der Waals surface area contributed by atoms with E-state index in [1.165, 1.54) is 67.6 Å². The van der Waals surface area contributed by atoms with Crippen molar-refractivity contribution in [2.24, 2.45) is 0 Å². The number of nitro groups is 1. The highest BCUT2D eigenvalue weighted by Crippen LogP contribution is 2.27. The largest absolute Gasteiger partial charge is 0.322 e. The Morgan fingerprint density at radius 3 is 2.18 bits per heavy atom. The van der Waals surface area contributed by atoms with Gasteiger partial charge in [0.05, 0.1) is 9.82 Å². The Balaban J connectivity index is 1.69. The monoisotopic (exact) mass is 493 g/mol. The molecule has 0 atom stereocenters. The summed E-state index contributed by atoms with van der Waals surface area (Å²) in [7, 11) is -4.09. The van der Waals surface area contributed by atoms with Crippen LogP contribution in [-0.4, -0.2) is 25.0 Å². The smallest absolute Gasteiger partial charge is 0.288 e. The summed E-state index contributed by atoms with van der Waals surface area (Å²) < 4.78 is 52.2. The molecule has 1 amide bonds. The van der Waals surface area contributed by atoms with Crippen LogP contribution in [0.3, 0.4) is 0 Å². The molecule has 2 N–H and O–H groups in total. The molecule has 12 heteroatoms. The van der Waals surface area contributed by atoms with Gasteiger partial charge in [0.2, 0.25) is 0 Å². The molecule has 3 aromatic rings. The van der Waals surface area contributed by atoms with Crippen LogP contribution in [-0.2, 0) is 10.0 Å². The van der Waals surface area contributed by atoms with Crippen molar-refractivity contribution in [1.82, 2.24) is 0 Å². The van der Waals surface area contributed by atoms with Crippen molar-refractivity contribution in [3.8, 4) is 0 Å². The van der Waals surface area contributed by atoms with E-state index in [-0.39, 0.29) is 21.8 Å². The van der Waals surface area contributed by atoms with Crippen LogP contribution < -0.4 is 10.0 Å². The van der Waals surface area contributed by atoms with Gasteiger partial charge in [-0.15, -0.1) is 0 Å². The number of thioether (sulfide) groups is 1. The van der Waals surface area contributed by atoms with Crippen molar-refractivity contribution in [2.45, 2.75) is 22.5 Å². The number of nitro benzene ring substituents is 1. The van der Waals surface area contributed by atoms with Crippen molar-refractivity contribution >= 4 is 44.8 Å². The number of benzene rings is 3. The van der Waals surface area contributed by atoms with E-state index in [4.69, 9.17) is 0 Å². The number of sulfonamides is 1. The molecular weight excluding hydrogens is 476 g/mol. The van der Waals surface area contributed by atoms with Gasteiger partial charge in [0.15, 0.2) is 0 Å². The second kappa shape index (κ2) is 9.96. The Hall–Kier alpha value is -3.51. The first-order valence-corrected chi connectivity index (χ1v) is 11.7. The molecule has 3 rings (SSSR count). The Morgan fingerprint density at radius 2 is 1.61 bits per heavy atom. The number of carbonyl (C=O) groups is 1.